The summed E-state index contributed by atoms with van der Waals surface area (Å²) in [5.41, 5.74) is 0.896. The van der Waals surface area contributed by atoms with E-state index in [4.69, 9.17) is 34.8 Å². The average molecular weight is 336 g/mol. The zero-order valence-electron chi connectivity index (χ0n) is 11.1. The average Bonchev–Trinajstić information content (AvgIpc) is 2.44. The zero-order chi connectivity index (χ0) is 14.5. The standard InChI is InChI=1S/C14H17Cl3N2O/c15-3-4-18-5-7-19(8-6-18)14(20)10-11-1-2-12(16)13(17)9-11/h1-2,9H,3-8,10H2. The van der Waals surface area contributed by atoms with Crippen molar-refractivity contribution in [2.75, 3.05) is 38.6 Å². The summed E-state index contributed by atoms with van der Waals surface area (Å²) >= 11 is 17.6. The first kappa shape index (κ1) is 15.9. The number of halogens is 3. The molecule has 1 aromatic rings. The molecular weight excluding hydrogens is 319 g/mol. The van der Waals surface area contributed by atoms with Crippen molar-refractivity contribution in [2.24, 2.45) is 0 Å². The molecule has 1 amide bonds. The van der Waals surface area contributed by atoms with Crippen molar-refractivity contribution in [1.82, 2.24) is 9.80 Å². The smallest absolute Gasteiger partial charge is 0.227 e. The second-order valence-electron chi connectivity index (χ2n) is 4.84. The largest absolute Gasteiger partial charge is 0.340 e. The third-order valence-corrected chi connectivity index (χ3v) is 4.37. The molecule has 1 saturated heterocycles. The van der Waals surface area contributed by atoms with Gasteiger partial charge >= 0.3 is 0 Å². The van der Waals surface area contributed by atoms with Crippen LogP contribution in [0.2, 0.25) is 10.0 Å². The van der Waals surface area contributed by atoms with Gasteiger partial charge in [0.05, 0.1) is 16.5 Å². The van der Waals surface area contributed by atoms with E-state index >= 15 is 0 Å². The monoisotopic (exact) mass is 334 g/mol. The van der Waals surface area contributed by atoms with Crippen LogP contribution in [0, 0.1) is 0 Å². The zero-order valence-corrected chi connectivity index (χ0v) is 13.4. The summed E-state index contributed by atoms with van der Waals surface area (Å²) in [6, 6.07) is 5.33. The maximum atomic E-state index is 12.2. The molecule has 20 heavy (non-hydrogen) atoms. The minimum absolute atomic E-state index is 0.133. The van der Waals surface area contributed by atoms with Crippen LogP contribution in [-0.2, 0) is 11.2 Å². The van der Waals surface area contributed by atoms with Crippen LogP contribution < -0.4 is 0 Å². The maximum absolute atomic E-state index is 12.2. The molecule has 0 aromatic heterocycles. The molecule has 0 aliphatic carbocycles. The first-order valence-electron chi connectivity index (χ1n) is 6.60. The Balaban J connectivity index is 1.88. The molecule has 1 fully saturated rings. The number of benzene rings is 1. The molecular formula is C14H17Cl3N2O. The van der Waals surface area contributed by atoms with Crippen molar-refractivity contribution >= 4 is 40.7 Å². The van der Waals surface area contributed by atoms with Crippen LogP contribution >= 0.6 is 34.8 Å². The molecule has 0 spiro atoms. The van der Waals surface area contributed by atoms with Gasteiger partial charge in [0.25, 0.3) is 0 Å². The molecule has 110 valence electrons. The first-order chi connectivity index (χ1) is 9.60. The topological polar surface area (TPSA) is 23.6 Å². The Kier molecular flexibility index (Phi) is 5.97. The van der Waals surface area contributed by atoms with E-state index in [1.54, 1.807) is 12.1 Å². The van der Waals surface area contributed by atoms with E-state index in [1.807, 2.05) is 11.0 Å². The Hall–Kier alpha value is -0.480. The van der Waals surface area contributed by atoms with Gasteiger partial charge in [0.1, 0.15) is 0 Å². The van der Waals surface area contributed by atoms with Gasteiger partial charge in [-0.2, -0.15) is 0 Å². The van der Waals surface area contributed by atoms with Crippen molar-refractivity contribution in [2.45, 2.75) is 6.42 Å². The Morgan fingerprint density at radius 3 is 2.40 bits per heavy atom. The Morgan fingerprint density at radius 2 is 1.80 bits per heavy atom. The predicted molar refractivity (Wildman–Crippen MR) is 83.9 cm³/mol. The molecule has 3 nitrogen and oxygen atoms in total. The van der Waals surface area contributed by atoms with E-state index in [1.165, 1.54) is 0 Å². The van der Waals surface area contributed by atoms with Crippen molar-refractivity contribution in [1.29, 1.82) is 0 Å². The Bertz CT molecular complexity index is 473. The van der Waals surface area contributed by atoms with Crippen molar-refractivity contribution < 1.29 is 4.79 Å². The third kappa shape index (κ3) is 4.26. The summed E-state index contributed by atoms with van der Waals surface area (Å²) < 4.78 is 0. The van der Waals surface area contributed by atoms with Gasteiger partial charge in [-0.25, -0.2) is 0 Å². The number of carbonyl (C=O) groups is 1. The molecule has 0 unspecified atom stereocenters. The number of nitrogens with zero attached hydrogens (tertiary/aromatic N) is 2. The summed E-state index contributed by atoms with van der Waals surface area (Å²) in [4.78, 5) is 16.4. The van der Waals surface area contributed by atoms with Crippen LogP contribution in [0.5, 0.6) is 0 Å². The Labute approximate surface area is 134 Å². The van der Waals surface area contributed by atoms with Crippen LogP contribution in [-0.4, -0.2) is 54.3 Å². The van der Waals surface area contributed by atoms with Gasteiger partial charge in [-0.15, -0.1) is 11.6 Å². The van der Waals surface area contributed by atoms with E-state index in [0.717, 1.165) is 38.3 Å². The maximum Gasteiger partial charge on any atom is 0.227 e. The second-order valence-corrected chi connectivity index (χ2v) is 6.03. The minimum Gasteiger partial charge on any atom is -0.340 e. The molecule has 0 atom stereocenters. The van der Waals surface area contributed by atoms with E-state index in [9.17, 15) is 4.79 Å². The molecule has 2 rings (SSSR count). The summed E-state index contributed by atoms with van der Waals surface area (Å²) in [5.74, 6) is 0.769. The fourth-order valence-electron chi connectivity index (χ4n) is 2.28. The number of hydrogen-bond donors (Lipinski definition) is 0. The molecule has 1 heterocycles. The molecule has 0 radical (unpaired) electrons. The number of hydrogen-bond acceptors (Lipinski definition) is 2. The lowest BCUT2D eigenvalue weighted by molar-refractivity contribution is -0.132. The molecule has 0 bridgehead atoms. The molecule has 6 heteroatoms. The van der Waals surface area contributed by atoms with Crippen molar-refractivity contribution in [3.05, 3.63) is 33.8 Å². The SMILES string of the molecule is O=C(Cc1ccc(Cl)c(Cl)c1)N1CCN(CCCl)CC1. The summed E-state index contributed by atoms with van der Waals surface area (Å²) in [5, 5.41) is 1.00. The van der Waals surface area contributed by atoms with E-state index in [2.05, 4.69) is 4.90 Å². The fraction of sp³-hybridized carbons (Fsp3) is 0.500. The highest BCUT2D eigenvalue weighted by atomic mass is 35.5. The van der Waals surface area contributed by atoms with Crippen LogP contribution in [0.3, 0.4) is 0 Å². The number of rotatable bonds is 4. The van der Waals surface area contributed by atoms with E-state index < -0.39 is 0 Å². The highest BCUT2D eigenvalue weighted by Crippen LogP contribution is 2.23. The lowest BCUT2D eigenvalue weighted by Gasteiger charge is -2.34. The van der Waals surface area contributed by atoms with Gasteiger partial charge in [-0.1, -0.05) is 29.3 Å². The van der Waals surface area contributed by atoms with Gasteiger partial charge < -0.3 is 4.90 Å². The molecule has 1 aliphatic rings. The third-order valence-electron chi connectivity index (χ3n) is 3.47. The lowest BCUT2D eigenvalue weighted by Crippen LogP contribution is -2.49. The summed E-state index contributed by atoms with van der Waals surface area (Å²) in [6.45, 7) is 4.18. The van der Waals surface area contributed by atoms with Gasteiger partial charge in [0.2, 0.25) is 5.91 Å². The van der Waals surface area contributed by atoms with E-state index in [-0.39, 0.29) is 5.91 Å². The number of amides is 1. The van der Waals surface area contributed by atoms with Crippen LogP contribution in [0.15, 0.2) is 18.2 Å². The van der Waals surface area contributed by atoms with Crippen molar-refractivity contribution in [3.8, 4) is 0 Å². The number of piperazine rings is 1. The quantitative estimate of drug-likeness (QED) is 0.790. The highest BCUT2D eigenvalue weighted by molar-refractivity contribution is 6.42. The predicted octanol–water partition coefficient (Wildman–Crippen LogP) is 2.92. The lowest BCUT2D eigenvalue weighted by atomic mass is 10.1. The van der Waals surface area contributed by atoms with Gasteiger partial charge in [0.15, 0.2) is 0 Å². The molecule has 1 aromatic carbocycles. The van der Waals surface area contributed by atoms with Crippen LogP contribution in [0.25, 0.3) is 0 Å². The van der Waals surface area contributed by atoms with Crippen LogP contribution in [0.1, 0.15) is 5.56 Å². The van der Waals surface area contributed by atoms with Gasteiger partial charge in [-0.05, 0) is 17.7 Å². The van der Waals surface area contributed by atoms with E-state index in [0.29, 0.717) is 22.3 Å². The normalized spacial score (nSPS) is 16.4. The fourth-order valence-corrected chi connectivity index (χ4v) is 2.84. The molecule has 0 N–H and O–H groups in total. The van der Waals surface area contributed by atoms with Crippen LogP contribution in [0.4, 0.5) is 0 Å². The van der Waals surface area contributed by atoms with Gasteiger partial charge in [0, 0.05) is 38.6 Å². The second kappa shape index (κ2) is 7.51. The molecule has 0 saturated carbocycles. The summed E-state index contributed by atoms with van der Waals surface area (Å²) in [7, 11) is 0. The Morgan fingerprint density at radius 1 is 1.10 bits per heavy atom. The minimum atomic E-state index is 0.133. The van der Waals surface area contributed by atoms with Crippen molar-refractivity contribution in [3.63, 3.8) is 0 Å². The summed E-state index contributed by atoms with van der Waals surface area (Å²) in [6.07, 6.45) is 0.367. The number of carbonyl (C=O) groups excluding carboxylic acids is 1. The first-order valence-corrected chi connectivity index (χ1v) is 7.89. The van der Waals surface area contributed by atoms with Gasteiger partial charge in [-0.3, -0.25) is 9.69 Å². The molecule has 1 aliphatic heterocycles. The number of alkyl halides is 1. The highest BCUT2D eigenvalue weighted by Gasteiger charge is 2.20.